The number of halogens is 10. The zero-order valence-corrected chi connectivity index (χ0v) is 10.7. The lowest BCUT2D eigenvalue weighted by atomic mass is 10.6. The van der Waals surface area contributed by atoms with Crippen LogP contribution in [0.25, 0.3) is 0 Å². The summed E-state index contributed by atoms with van der Waals surface area (Å²) < 4.78 is 46.1. The fraction of sp³-hybridized carbons (Fsp3) is 1.00. The van der Waals surface area contributed by atoms with Gasteiger partial charge in [-0.25, -0.2) is 0 Å². The van der Waals surface area contributed by atoms with Crippen LogP contribution in [0.3, 0.4) is 0 Å². The van der Waals surface area contributed by atoms with E-state index < -0.39 is 19.8 Å². The number of ether oxygens (including phenoxy) is 1. The summed E-state index contributed by atoms with van der Waals surface area (Å²) in [6.45, 7) is 0. The van der Waals surface area contributed by atoms with Gasteiger partial charge in [-0.3, -0.25) is 4.74 Å². The Morgan fingerprint density at radius 2 is 0.800 bits per heavy atom. The van der Waals surface area contributed by atoms with Crippen LogP contribution in [-0.4, -0.2) is 19.8 Å². The van der Waals surface area contributed by atoms with E-state index >= 15 is 0 Å². The summed E-state index contributed by atoms with van der Waals surface area (Å²) in [7, 11) is 0. The first kappa shape index (κ1) is 16.4. The van der Waals surface area contributed by atoms with E-state index in [0.717, 1.165) is 0 Å². The van der Waals surface area contributed by atoms with Crippen molar-refractivity contribution in [3.05, 3.63) is 0 Å². The van der Waals surface area contributed by atoms with Crippen molar-refractivity contribution in [1.82, 2.24) is 0 Å². The molecule has 0 amide bonds. The highest BCUT2D eigenvalue weighted by atomic mass is 35.5. The van der Waals surface area contributed by atoms with Crippen molar-refractivity contribution in [3.8, 4) is 0 Å². The Morgan fingerprint density at radius 1 is 0.600 bits per heavy atom. The van der Waals surface area contributed by atoms with Crippen molar-refractivity contribution in [3.63, 3.8) is 0 Å². The number of hydrogen-bond donors (Lipinski definition) is 0. The Bertz CT molecular complexity index is 208. The second-order valence-electron chi connectivity index (χ2n) is 2.13. The smallest absolute Gasteiger partial charge is 0.298 e. The molecule has 0 aliphatic rings. The maximum Gasteiger partial charge on any atom is 0.378 e. The van der Waals surface area contributed by atoms with E-state index in [1.165, 1.54) is 0 Å². The third-order valence-electron chi connectivity index (χ3n) is 0.916. The lowest BCUT2D eigenvalue weighted by Gasteiger charge is -2.32. The van der Waals surface area contributed by atoms with Crippen LogP contribution in [0.2, 0.25) is 0 Å². The van der Waals surface area contributed by atoms with E-state index in [0.29, 0.717) is 0 Å². The summed E-state index contributed by atoms with van der Waals surface area (Å²) >= 11 is 27.9. The minimum atomic E-state index is -4.41. The molecule has 0 N–H and O–H groups in total. The first-order valence-electron chi connectivity index (χ1n) is 2.80. The van der Waals surface area contributed by atoms with Gasteiger partial charge in [0.2, 0.25) is 0 Å². The molecule has 11 heteroatoms. The topological polar surface area (TPSA) is 9.23 Å². The Labute approximate surface area is 111 Å². The maximum atomic E-state index is 12.4. The van der Waals surface area contributed by atoms with Gasteiger partial charge in [-0.15, -0.1) is 0 Å². The van der Waals surface area contributed by atoms with Gasteiger partial charge in [0.25, 0.3) is 0 Å². The van der Waals surface area contributed by atoms with Gasteiger partial charge in [-0.05, 0) is 23.2 Å². The molecule has 0 atom stereocenters. The summed E-state index contributed by atoms with van der Waals surface area (Å²) in [5, 5.41) is -8.82. The van der Waals surface area contributed by atoms with Crippen molar-refractivity contribution in [2.45, 2.75) is 19.8 Å². The Morgan fingerprint density at radius 3 is 0.933 bits per heavy atom. The van der Waals surface area contributed by atoms with Gasteiger partial charge in [0.05, 0.1) is 0 Å². The van der Waals surface area contributed by atoms with E-state index in [2.05, 4.69) is 27.9 Å². The van der Waals surface area contributed by atoms with Gasteiger partial charge >= 0.3 is 19.8 Å². The molecule has 0 spiro atoms. The molecule has 0 aromatic heterocycles. The summed E-state index contributed by atoms with van der Waals surface area (Å²) in [6, 6.07) is 0. The molecule has 15 heavy (non-hydrogen) atoms. The Kier molecular flexibility index (Phi) is 5.03. The van der Waals surface area contributed by atoms with Crippen LogP contribution in [0.4, 0.5) is 17.6 Å². The van der Waals surface area contributed by atoms with Gasteiger partial charge in [0, 0.05) is 0 Å². The van der Waals surface area contributed by atoms with Crippen molar-refractivity contribution < 1.29 is 22.3 Å². The van der Waals surface area contributed by atoms with Gasteiger partial charge < -0.3 is 0 Å². The minimum absolute atomic E-state index is 3.57. The molecular weight excluding hydrogens is 353 g/mol. The molecule has 1 nitrogen and oxygen atoms in total. The van der Waals surface area contributed by atoms with Crippen LogP contribution in [0.15, 0.2) is 0 Å². The SMILES string of the molecule is FC(F)(Cl)C(Cl)(Cl)OC(Cl)(Cl)C(F)(F)Cl. The Balaban J connectivity index is 4.89. The molecule has 0 aromatic carbocycles. The van der Waals surface area contributed by atoms with Crippen LogP contribution in [0.5, 0.6) is 0 Å². The number of rotatable bonds is 4. The second kappa shape index (κ2) is 4.59. The molecule has 0 heterocycles. The molecular formula is C4Cl6F4O. The third-order valence-corrected chi connectivity index (χ3v) is 3.09. The highest BCUT2D eigenvalue weighted by Gasteiger charge is 2.62. The summed E-state index contributed by atoms with van der Waals surface area (Å²) in [5.74, 6) is 0. The highest BCUT2D eigenvalue weighted by molar-refractivity contribution is 6.54. The van der Waals surface area contributed by atoms with Crippen molar-refractivity contribution >= 4 is 69.6 Å². The van der Waals surface area contributed by atoms with Gasteiger partial charge in [-0.1, -0.05) is 46.4 Å². The molecule has 92 valence electrons. The van der Waals surface area contributed by atoms with Crippen LogP contribution in [-0.2, 0) is 4.74 Å². The quantitative estimate of drug-likeness (QED) is 0.515. The highest BCUT2D eigenvalue weighted by Crippen LogP contribution is 2.52. The van der Waals surface area contributed by atoms with Crippen LogP contribution >= 0.6 is 69.6 Å². The summed E-state index contributed by atoms with van der Waals surface area (Å²) in [4.78, 5) is 0. The largest absolute Gasteiger partial charge is 0.378 e. The fourth-order valence-electron chi connectivity index (χ4n) is 0.277. The summed E-state index contributed by atoms with van der Waals surface area (Å²) in [6.07, 6.45) is 0. The predicted molar refractivity (Wildman–Crippen MR) is 51.6 cm³/mol. The number of hydrogen-bond acceptors (Lipinski definition) is 1. The Hall–Kier alpha value is 1.42. The monoisotopic (exact) mass is 350 g/mol. The van der Waals surface area contributed by atoms with E-state index in [1.54, 1.807) is 0 Å². The molecule has 0 fully saturated rings. The minimum Gasteiger partial charge on any atom is -0.298 e. The molecule has 0 radical (unpaired) electrons. The lowest BCUT2D eigenvalue weighted by Crippen LogP contribution is -2.47. The molecule has 0 bridgehead atoms. The van der Waals surface area contributed by atoms with E-state index in [1.807, 2.05) is 0 Å². The second-order valence-corrected chi connectivity index (χ2v) is 5.60. The van der Waals surface area contributed by atoms with Gasteiger partial charge in [0.15, 0.2) is 0 Å². The van der Waals surface area contributed by atoms with Gasteiger partial charge in [-0.2, -0.15) is 17.6 Å². The zero-order valence-electron chi connectivity index (χ0n) is 6.19. The van der Waals surface area contributed by atoms with Crippen molar-refractivity contribution in [2.24, 2.45) is 0 Å². The standard InChI is InChI=1S/C4Cl6F4O/c5-1(6,3(9,11)12)15-2(7,8)4(10,13)14. The normalized spacial score (nSPS) is 15.6. The van der Waals surface area contributed by atoms with Crippen LogP contribution in [0, 0.1) is 0 Å². The molecule has 0 aliphatic carbocycles. The van der Waals surface area contributed by atoms with Crippen LogP contribution < -0.4 is 0 Å². The van der Waals surface area contributed by atoms with E-state index in [4.69, 9.17) is 46.4 Å². The first-order chi connectivity index (χ1) is 6.21. The molecule has 0 saturated heterocycles. The molecule has 0 saturated carbocycles. The van der Waals surface area contributed by atoms with E-state index in [-0.39, 0.29) is 0 Å². The molecule has 0 aromatic rings. The average Bonchev–Trinajstić information content (AvgIpc) is 1.77. The molecule has 0 rings (SSSR count). The maximum absolute atomic E-state index is 12.4. The van der Waals surface area contributed by atoms with Crippen molar-refractivity contribution in [1.29, 1.82) is 0 Å². The zero-order chi connectivity index (χ0) is 12.7. The van der Waals surface area contributed by atoms with Crippen LogP contribution in [0.1, 0.15) is 0 Å². The lowest BCUT2D eigenvalue weighted by molar-refractivity contribution is -0.140. The average molecular weight is 353 g/mol. The molecule has 0 unspecified atom stereocenters. The third kappa shape index (κ3) is 4.30. The molecule has 0 aliphatic heterocycles. The first-order valence-corrected chi connectivity index (χ1v) is 5.07. The van der Waals surface area contributed by atoms with E-state index in [9.17, 15) is 17.6 Å². The summed E-state index contributed by atoms with van der Waals surface area (Å²) in [5.41, 5.74) is 0. The van der Waals surface area contributed by atoms with Gasteiger partial charge in [0.1, 0.15) is 0 Å². The van der Waals surface area contributed by atoms with Crippen molar-refractivity contribution in [2.75, 3.05) is 0 Å². The predicted octanol–water partition coefficient (Wildman–Crippen LogP) is 4.93. The fourth-order valence-corrected chi connectivity index (χ4v) is 0.975. The number of alkyl halides is 10.